The molecule has 0 aromatic carbocycles. The first-order valence-electron chi connectivity index (χ1n) is 8.28. The van der Waals surface area contributed by atoms with Crippen LogP contribution in [0.25, 0.3) is 5.57 Å². The van der Waals surface area contributed by atoms with E-state index in [1.54, 1.807) is 0 Å². The van der Waals surface area contributed by atoms with Gasteiger partial charge in [0.05, 0.1) is 11.6 Å². The Morgan fingerprint density at radius 1 is 1.23 bits per heavy atom. The van der Waals surface area contributed by atoms with Crippen molar-refractivity contribution in [1.29, 1.82) is 0 Å². The Labute approximate surface area is 135 Å². The van der Waals surface area contributed by atoms with Crippen LogP contribution >= 0.6 is 11.6 Å². The first-order valence-corrected chi connectivity index (χ1v) is 8.81. The van der Waals surface area contributed by atoms with Gasteiger partial charge < -0.3 is 4.57 Å². The van der Waals surface area contributed by atoms with Crippen molar-refractivity contribution in [2.24, 2.45) is 5.92 Å². The zero-order valence-corrected chi connectivity index (χ0v) is 13.4. The normalized spacial score (nSPS) is 22.9. The molecule has 0 spiro atoms. The van der Waals surface area contributed by atoms with E-state index in [1.165, 1.54) is 29.7 Å². The molecule has 0 saturated carbocycles. The summed E-state index contributed by atoms with van der Waals surface area (Å²) < 4.78 is 2.30. The van der Waals surface area contributed by atoms with Crippen molar-refractivity contribution in [2.45, 2.75) is 51.5 Å². The smallest absolute Gasteiger partial charge is 0.165 e. The molecule has 4 rings (SSSR count). The van der Waals surface area contributed by atoms with Crippen molar-refractivity contribution >= 4 is 28.7 Å². The summed E-state index contributed by atoms with van der Waals surface area (Å²) in [6.45, 7) is 0.699. The molecule has 0 amide bonds. The molecule has 1 aliphatic heterocycles. The summed E-state index contributed by atoms with van der Waals surface area (Å²) >= 11 is 5.74. The molecular formula is C18H20ClNO2. The first-order chi connectivity index (χ1) is 10.7. The number of hydrogen-bond donors (Lipinski definition) is 0. The Bertz CT molecular complexity index is 698. The van der Waals surface area contributed by atoms with Gasteiger partial charge >= 0.3 is 0 Å². The molecule has 2 heterocycles. The van der Waals surface area contributed by atoms with E-state index >= 15 is 0 Å². The van der Waals surface area contributed by atoms with Crippen LogP contribution in [-0.2, 0) is 24.2 Å². The Balaban J connectivity index is 1.85. The van der Waals surface area contributed by atoms with Crippen LogP contribution in [0.1, 0.15) is 59.4 Å². The summed E-state index contributed by atoms with van der Waals surface area (Å²) in [5, 5.41) is 0. The van der Waals surface area contributed by atoms with Gasteiger partial charge in [-0.05, 0) is 43.2 Å². The number of nitrogens with zero attached hydrogens (tertiary/aromatic N) is 1. The monoisotopic (exact) mass is 317 g/mol. The third-order valence-electron chi connectivity index (χ3n) is 5.31. The Hall–Kier alpha value is -1.35. The van der Waals surface area contributed by atoms with Crippen LogP contribution in [0.15, 0.2) is 6.08 Å². The fourth-order valence-corrected chi connectivity index (χ4v) is 4.51. The molecule has 22 heavy (non-hydrogen) atoms. The van der Waals surface area contributed by atoms with Gasteiger partial charge in [0.15, 0.2) is 5.78 Å². The first kappa shape index (κ1) is 14.3. The van der Waals surface area contributed by atoms with Gasteiger partial charge in [-0.1, -0.05) is 6.08 Å². The number of aromatic nitrogens is 1. The van der Waals surface area contributed by atoms with E-state index in [2.05, 4.69) is 10.6 Å². The SMILES string of the molecule is O=C1CCC2=CC(C(=O)CCCl)Cn3c4c(c1c32)CCCC4. The Morgan fingerprint density at radius 2 is 2.05 bits per heavy atom. The third kappa shape index (κ3) is 2.02. The fraction of sp³-hybridized carbons (Fsp3) is 0.556. The van der Waals surface area contributed by atoms with Crippen molar-refractivity contribution in [3.63, 3.8) is 0 Å². The second-order valence-electron chi connectivity index (χ2n) is 6.59. The largest absolute Gasteiger partial charge is 0.343 e. The van der Waals surface area contributed by atoms with Crippen molar-refractivity contribution in [3.8, 4) is 0 Å². The number of carbonyl (C=O) groups excluding carboxylic acids is 2. The summed E-state index contributed by atoms with van der Waals surface area (Å²) in [5.41, 5.74) is 5.93. The minimum Gasteiger partial charge on any atom is -0.343 e. The number of carbonyl (C=O) groups is 2. The maximum Gasteiger partial charge on any atom is 0.165 e. The molecule has 116 valence electrons. The lowest BCUT2D eigenvalue weighted by molar-refractivity contribution is -0.121. The van der Waals surface area contributed by atoms with Gasteiger partial charge in [0.2, 0.25) is 0 Å². The van der Waals surface area contributed by atoms with E-state index in [-0.39, 0.29) is 11.7 Å². The van der Waals surface area contributed by atoms with Gasteiger partial charge in [-0.2, -0.15) is 0 Å². The molecule has 4 heteroatoms. The zero-order valence-electron chi connectivity index (χ0n) is 12.7. The zero-order chi connectivity index (χ0) is 15.3. The summed E-state index contributed by atoms with van der Waals surface area (Å²) in [4.78, 5) is 24.8. The quantitative estimate of drug-likeness (QED) is 0.800. The summed E-state index contributed by atoms with van der Waals surface area (Å²) in [6.07, 6.45) is 8.33. The maximum absolute atomic E-state index is 12.4. The highest BCUT2D eigenvalue weighted by Gasteiger charge is 2.36. The van der Waals surface area contributed by atoms with Crippen LogP contribution in [0.4, 0.5) is 0 Å². The number of halogens is 1. The third-order valence-corrected chi connectivity index (χ3v) is 5.50. The van der Waals surface area contributed by atoms with Crippen LogP contribution in [-0.4, -0.2) is 22.0 Å². The van der Waals surface area contributed by atoms with Gasteiger partial charge in [0, 0.05) is 36.5 Å². The molecule has 0 radical (unpaired) electrons. The number of ketones is 2. The second kappa shape index (κ2) is 5.38. The summed E-state index contributed by atoms with van der Waals surface area (Å²) in [5.74, 6) is 0.846. The Kier molecular flexibility index (Phi) is 3.48. The molecule has 0 fully saturated rings. The molecule has 1 aromatic rings. The number of alkyl halides is 1. The highest BCUT2D eigenvalue weighted by atomic mass is 35.5. The van der Waals surface area contributed by atoms with Gasteiger partial charge in [-0.15, -0.1) is 11.6 Å². The lowest BCUT2D eigenvalue weighted by Gasteiger charge is -2.27. The molecule has 2 aliphatic carbocycles. The highest BCUT2D eigenvalue weighted by molar-refractivity contribution is 6.19. The molecule has 3 nitrogen and oxygen atoms in total. The molecule has 0 N–H and O–H groups in total. The van der Waals surface area contributed by atoms with Crippen molar-refractivity contribution in [3.05, 3.63) is 28.6 Å². The van der Waals surface area contributed by atoms with Gasteiger partial charge in [0.25, 0.3) is 0 Å². The predicted octanol–water partition coefficient (Wildman–Crippen LogP) is 3.55. The Morgan fingerprint density at radius 3 is 2.86 bits per heavy atom. The molecule has 1 unspecified atom stereocenters. The average molecular weight is 318 g/mol. The summed E-state index contributed by atoms with van der Waals surface area (Å²) in [6, 6.07) is 0. The number of Topliss-reactive ketones (excluding diaryl/α,β-unsaturated/α-hetero) is 2. The number of hydrogen-bond acceptors (Lipinski definition) is 2. The average Bonchev–Trinajstić information content (AvgIpc) is 2.87. The van der Waals surface area contributed by atoms with Gasteiger partial charge in [0.1, 0.15) is 5.78 Å². The molecule has 0 saturated heterocycles. The standard InChI is InChI=1S/C18H20ClNO2/c19-8-7-15(21)12-9-11-5-6-16(22)17-13-3-1-2-4-14(13)20(10-12)18(11)17/h9,12H,1-8,10H2. The number of allylic oxidation sites excluding steroid dienone is 2. The second-order valence-corrected chi connectivity index (χ2v) is 6.97. The minimum atomic E-state index is -0.0688. The predicted molar refractivity (Wildman–Crippen MR) is 86.4 cm³/mol. The molecule has 1 atom stereocenters. The van der Waals surface area contributed by atoms with Crippen LogP contribution in [0.5, 0.6) is 0 Å². The fourth-order valence-electron chi connectivity index (χ4n) is 4.32. The van der Waals surface area contributed by atoms with Crippen LogP contribution in [0, 0.1) is 5.92 Å². The van der Waals surface area contributed by atoms with Gasteiger partial charge in [-0.25, -0.2) is 0 Å². The number of rotatable bonds is 3. The molecule has 3 aliphatic rings. The van der Waals surface area contributed by atoms with E-state index in [4.69, 9.17) is 11.6 Å². The topological polar surface area (TPSA) is 39.1 Å². The van der Waals surface area contributed by atoms with E-state index in [0.29, 0.717) is 31.0 Å². The van der Waals surface area contributed by atoms with Crippen molar-refractivity contribution in [2.75, 3.05) is 5.88 Å². The number of fused-ring (bicyclic) bond motifs is 3. The van der Waals surface area contributed by atoms with E-state index in [1.807, 2.05) is 0 Å². The summed E-state index contributed by atoms with van der Waals surface area (Å²) in [7, 11) is 0. The van der Waals surface area contributed by atoms with E-state index in [0.717, 1.165) is 30.5 Å². The molecule has 0 bridgehead atoms. The molecular weight excluding hydrogens is 298 g/mol. The van der Waals surface area contributed by atoms with Crippen LogP contribution in [0.3, 0.4) is 0 Å². The maximum atomic E-state index is 12.4. The molecule has 1 aromatic heterocycles. The van der Waals surface area contributed by atoms with E-state index in [9.17, 15) is 9.59 Å². The van der Waals surface area contributed by atoms with Crippen LogP contribution < -0.4 is 0 Å². The van der Waals surface area contributed by atoms with Gasteiger partial charge in [-0.3, -0.25) is 9.59 Å². The lowest BCUT2D eigenvalue weighted by Crippen LogP contribution is -2.27. The van der Waals surface area contributed by atoms with Crippen molar-refractivity contribution in [1.82, 2.24) is 4.57 Å². The highest BCUT2D eigenvalue weighted by Crippen LogP contribution is 2.42. The van der Waals surface area contributed by atoms with Crippen LogP contribution in [0.2, 0.25) is 0 Å². The lowest BCUT2D eigenvalue weighted by atomic mass is 9.83. The van der Waals surface area contributed by atoms with E-state index < -0.39 is 0 Å². The minimum absolute atomic E-state index is 0.0688. The van der Waals surface area contributed by atoms with Crippen molar-refractivity contribution < 1.29 is 9.59 Å².